The molecule has 1 aromatic heterocycles. The van der Waals surface area contributed by atoms with Crippen molar-refractivity contribution in [2.75, 3.05) is 20.3 Å². The van der Waals surface area contributed by atoms with Gasteiger partial charge in [0.25, 0.3) is 5.91 Å². The first-order valence-electron chi connectivity index (χ1n) is 8.89. The smallest absolute Gasteiger partial charge is 0.287 e. The van der Waals surface area contributed by atoms with E-state index in [0.29, 0.717) is 42.6 Å². The summed E-state index contributed by atoms with van der Waals surface area (Å²) < 4.78 is 22.1. The molecule has 0 atom stereocenters. The van der Waals surface area contributed by atoms with Crippen molar-refractivity contribution in [3.8, 4) is 17.2 Å². The summed E-state index contributed by atoms with van der Waals surface area (Å²) in [5, 5.41) is 3.68. The maximum atomic E-state index is 12.5. The highest BCUT2D eigenvalue weighted by Crippen LogP contribution is 2.29. The van der Waals surface area contributed by atoms with Gasteiger partial charge in [-0.1, -0.05) is 18.2 Å². The number of hydrogen-bond donors (Lipinski definition) is 1. The standard InChI is InChI=1S/C21H23NO5/c1-4-25-16-10-9-14(11-18(16)26-5-2)13-22-21(23)19-12-15-7-6-8-17(24-3)20(15)27-19/h6-12H,4-5,13H2,1-3H3,(H,22,23). The summed E-state index contributed by atoms with van der Waals surface area (Å²) in [5.74, 6) is 1.91. The van der Waals surface area contributed by atoms with Gasteiger partial charge in [-0.05, 0) is 43.7 Å². The predicted molar refractivity (Wildman–Crippen MR) is 103 cm³/mol. The summed E-state index contributed by atoms with van der Waals surface area (Å²) in [6.45, 7) is 5.29. The Morgan fingerprint density at radius 2 is 1.78 bits per heavy atom. The van der Waals surface area contributed by atoms with Crippen molar-refractivity contribution in [1.82, 2.24) is 5.32 Å². The second-order valence-electron chi connectivity index (χ2n) is 5.82. The van der Waals surface area contributed by atoms with Gasteiger partial charge in [0.05, 0.1) is 20.3 Å². The van der Waals surface area contributed by atoms with Crippen LogP contribution in [0.15, 0.2) is 46.9 Å². The monoisotopic (exact) mass is 369 g/mol. The van der Waals surface area contributed by atoms with Gasteiger partial charge in [0.2, 0.25) is 0 Å². The van der Waals surface area contributed by atoms with Gasteiger partial charge < -0.3 is 23.9 Å². The number of carbonyl (C=O) groups excluding carboxylic acids is 1. The van der Waals surface area contributed by atoms with E-state index in [1.165, 1.54) is 0 Å². The van der Waals surface area contributed by atoms with E-state index < -0.39 is 0 Å². The first-order valence-corrected chi connectivity index (χ1v) is 8.89. The first-order chi connectivity index (χ1) is 13.2. The van der Waals surface area contributed by atoms with Gasteiger partial charge in [0, 0.05) is 11.9 Å². The molecule has 1 N–H and O–H groups in total. The Kier molecular flexibility index (Phi) is 5.86. The number of carbonyl (C=O) groups is 1. The van der Waals surface area contributed by atoms with Gasteiger partial charge in [-0.25, -0.2) is 0 Å². The van der Waals surface area contributed by atoms with E-state index in [2.05, 4.69) is 5.32 Å². The fraction of sp³-hybridized carbons (Fsp3) is 0.286. The minimum atomic E-state index is -0.292. The Labute approximate surface area is 158 Å². The lowest BCUT2D eigenvalue weighted by molar-refractivity contribution is 0.0925. The largest absolute Gasteiger partial charge is 0.493 e. The summed E-state index contributed by atoms with van der Waals surface area (Å²) in [6.07, 6.45) is 0. The zero-order chi connectivity index (χ0) is 19.2. The van der Waals surface area contributed by atoms with E-state index in [0.717, 1.165) is 10.9 Å². The maximum absolute atomic E-state index is 12.5. The van der Waals surface area contributed by atoms with E-state index in [-0.39, 0.29) is 11.7 Å². The second-order valence-corrected chi connectivity index (χ2v) is 5.82. The van der Waals surface area contributed by atoms with Crippen LogP contribution >= 0.6 is 0 Å². The Balaban J connectivity index is 1.73. The van der Waals surface area contributed by atoms with E-state index in [9.17, 15) is 4.79 Å². The Hall–Kier alpha value is -3.15. The molecule has 3 rings (SSSR count). The van der Waals surface area contributed by atoms with Crippen LogP contribution in [-0.4, -0.2) is 26.2 Å². The highest BCUT2D eigenvalue weighted by molar-refractivity contribution is 5.97. The van der Waals surface area contributed by atoms with Crippen molar-refractivity contribution in [2.45, 2.75) is 20.4 Å². The average molecular weight is 369 g/mol. The molecule has 0 bridgehead atoms. The fourth-order valence-corrected chi connectivity index (χ4v) is 2.78. The molecule has 0 spiro atoms. The van der Waals surface area contributed by atoms with Crippen molar-refractivity contribution in [2.24, 2.45) is 0 Å². The number of methoxy groups -OCH3 is 1. The Morgan fingerprint density at radius 1 is 1.00 bits per heavy atom. The molecule has 0 aliphatic carbocycles. The molecule has 1 amide bonds. The van der Waals surface area contributed by atoms with Crippen LogP contribution in [-0.2, 0) is 6.54 Å². The van der Waals surface area contributed by atoms with Gasteiger partial charge in [-0.3, -0.25) is 4.79 Å². The number of nitrogens with one attached hydrogen (secondary N) is 1. The molecule has 27 heavy (non-hydrogen) atoms. The molecule has 3 aromatic rings. The first kappa shape index (κ1) is 18.6. The molecule has 0 radical (unpaired) electrons. The third-order valence-corrected chi connectivity index (χ3v) is 4.01. The molecular formula is C21H23NO5. The molecule has 6 nitrogen and oxygen atoms in total. The normalized spacial score (nSPS) is 10.6. The van der Waals surface area contributed by atoms with Crippen LogP contribution in [0.25, 0.3) is 11.0 Å². The minimum absolute atomic E-state index is 0.241. The van der Waals surface area contributed by atoms with E-state index in [1.807, 2.05) is 44.2 Å². The molecule has 0 aliphatic rings. The highest BCUT2D eigenvalue weighted by atomic mass is 16.5. The van der Waals surface area contributed by atoms with Crippen LogP contribution < -0.4 is 19.5 Å². The third-order valence-electron chi connectivity index (χ3n) is 4.01. The van der Waals surface area contributed by atoms with Crippen LogP contribution in [0.5, 0.6) is 17.2 Å². The SMILES string of the molecule is CCOc1ccc(CNC(=O)c2cc3cccc(OC)c3o2)cc1OCC. The molecule has 142 valence electrons. The molecule has 0 unspecified atom stereocenters. The lowest BCUT2D eigenvalue weighted by Gasteiger charge is -2.12. The van der Waals surface area contributed by atoms with E-state index in [4.69, 9.17) is 18.6 Å². The Bertz CT molecular complexity index is 931. The Morgan fingerprint density at radius 3 is 2.52 bits per heavy atom. The zero-order valence-electron chi connectivity index (χ0n) is 15.7. The number of hydrogen-bond acceptors (Lipinski definition) is 5. The predicted octanol–water partition coefficient (Wildman–Crippen LogP) is 4.17. The maximum Gasteiger partial charge on any atom is 0.287 e. The molecule has 1 heterocycles. The number of furan rings is 1. The fourth-order valence-electron chi connectivity index (χ4n) is 2.78. The molecule has 2 aromatic carbocycles. The number of amides is 1. The minimum Gasteiger partial charge on any atom is -0.493 e. The topological polar surface area (TPSA) is 69.9 Å². The van der Waals surface area contributed by atoms with Crippen LogP contribution in [0.4, 0.5) is 0 Å². The number of fused-ring (bicyclic) bond motifs is 1. The number of para-hydroxylation sites is 1. The van der Waals surface area contributed by atoms with Crippen molar-refractivity contribution in [3.63, 3.8) is 0 Å². The number of rotatable bonds is 8. The van der Waals surface area contributed by atoms with Gasteiger partial charge in [0.1, 0.15) is 0 Å². The highest BCUT2D eigenvalue weighted by Gasteiger charge is 2.15. The van der Waals surface area contributed by atoms with Crippen molar-refractivity contribution < 1.29 is 23.4 Å². The van der Waals surface area contributed by atoms with Crippen LogP contribution in [0.2, 0.25) is 0 Å². The van der Waals surface area contributed by atoms with Gasteiger partial charge >= 0.3 is 0 Å². The lowest BCUT2D eigenvalue weighted by Crippen LogP contribution is -2.22. The molecule has 0 saturated carbocycles. The van der Waals surface area contributed by atoms with Crippen molar-refractivity contribution >= 4 is 16.9 Å². The number of benzene rings is 2. The van der Waals surface area contributed by atoms with Crippen molar-refractivity contribution in [1.29, 1.82) is 0 Å². The molecular weight excluding hydrogens is 346 g/mol. The van der Waals surface area contributed by atoms with E-state index >= 15 is 0 Å². The average Bonchev–Trinajstić information content (AvgIpc) is 3.12. The summed E-state index contributed by atoms with van der Waals surface area (Å²) >= 11 is 0. The molecule has 0 saturated heterocycles. The van der Waals surface area contributed by atoms with E-state index in [1.54, 1.807) is 19.2 Å². The summed E-state index contributed by atoms with van der Waals surface area (Å²) in [6, 6.07) is 12.8. The zero-order valence-corrected chi connectivity index (χ0v) is 15.7. The number of ether oxygens (including phenoxy) is 3. The van der Waals surface area contributed by atoms with Crippen LogP contribution in [0, 0.1) is 0 Å². The van der Waals surface area contributed by atoms with Crippen LogP contribution in [0.1, 0.15) is 30.0 Å². The third kappa shape index (κ3) is 4.16. The molecule has 0 aliphatic heterocycles. The summed E-state index contributed by atoms with van der Waals surface area (Å²) in [5.41, 5.74) is 1.47. The summed E-state index contributed by atoms with van der Waals surface area (Å²) in [4.78, 5) is 12.5. The van der Waals surface area contributed by atoms with Gasteiger partial charge in [0.15, 0.2) is 28.6 Å². The van der Waals surface area contributed by atoms with Gasteiger partial charge in [-0.2, -0.15) is 0 Å². The second kappa shape index (κ2) is 8.49. The molecule has 6 heteroatoms. The lowest BCUT2D eigenvalue weighted by atomic mass is 10.2. The van der Waals surface area contributed by atoms with Gasteiger partial charge in [-0.15, -0.1) is 0 Å². The van der Waals surface area contributed by atoms with Crippen molar-refractivity contribution in [3.05, 3.63) is 53.8 Å². The molecule has 0 fully saturated rings. The quantitative estimate of drug-likeness (QED) is 0.645. The summed E-state index contributed by atoms with van der Waals surface area (Å²) in [7, 11) is 1.57. The van der Waals surface area contributed by atoms with Crippen LogP contribution in [0.3, 0.4) is 0 Å².